The number of sulfonamides is 1. The summed E-state index contributed by atoms with van der Waals surface area (Å²) < 4.78 is 28.3. The number of carbonyl (C=O) groups is 1. The van der Waals surface area contributed by atoms with E-state index in [1.54, 1.807) is 12.1 Å². The second-order valence-electron chi connectivity index (χ2n) is 8.01. The normalized spacial score (nSPS) is 13.4. The molecule has 34 heavy (non-hydrogen) atoms. The molecule has 1 aliphatic heterocycles. The highest BCUT2D eigenvalue weighted by Gasteiger charge is 2.29. The second-order valence-corrected chi connectivity index (χ2v) is 10.8. The zero-order valence-corrected chi connectivity index (χ0v) is 20.0. The Morgan fingerprint density at radius 3 is 2.65 bits per heavy atom. The van der Waals surface area contributed by atoms with Crippen LogP contribution in [0.4, 0.5) is 5.69 Å². The number of hydrogen-bond donors (Lipinski definition) is 1. The highest BCUT2D eigenvalue weighted by Crippen LogP contribution is 2.32. The quantitative estimate of drug-likeness (QED) is 0.419. The molecule has 0 unspecified atom stereocenters. The summed E-state index contributed by atoms with van der Waals surface area (Å²) in [5.41, 5.74) is 3.91. The SMILES string of the molecule is O=C(NCc1nc(-c2ccccc2)cs1)c1cccc(S(=O)(=O)N2CCCc3ccccc32)c1. The van der Waals surface area contributed by atoms with Crippen molar-refractivity contribution in [1.82, 2.24) is 10.3 Å². The Morgan fingerprint density at radius 1 is 1.00 bits per heavy atom. The molecule has 0 saturated heterocycles. The van der Waals surface area contributed by atoms with E-state index >= 15 is 0 Å². The van der Waals surface area contributed by atoms with Crippen molar-refractivity contribution in [1.29, 1.82) is 0 Å². The van der Waals surface area contributed by atoms with E-state index in [0.717, 1.165) is 34.7 Å². The van der Waals surface area contributed by atoms with Crippen LogP contribution in [0.25, 0.3) is 11.3 Å². The van der Waals surface area contributed by atoms with Crippen LogP contribution >= 0.6 is 11.3 Å². The lowest BCUT2D eigenvalue weighted by atomic mass is 10.0. The van der Waals surface area contributed by atoms with Gasteiger partial charge in [-0.25, -0.2) is 13.4 Å². The molecule has 4 aromatic rings. The van der Waals surface area contributed by atoms with E-state index in [1.807, 2.05) is 60.0 Å². The molecule has 0 spiro atoms. The maximum absolute atomic E-state index is 13.4. The molecular formula is C26H23N3O3S2. The fourth-order valence-corrected chi connectivity index (χ4v) is 6.40. The van der Waals surface area contributed by atoms with Crippen LogP contribution in [0.3, 0.4) is 0 Å². The van der Waals surface area contributed by atoms with Gasteiger partial charge in [0.15, 0.2) is 0 Å². The van der Waals surface area contributed by atoms with Gasteiger partial charge in [0, 0.05) is 23.1 Å². The molecule has 0 saturated carbocycles. The summed E-state index contributed by atoms with van der Waals surface area (Å²) >= 11 is 1.47. The Balaban J connectivity index is 1.31. The first-order chi connectivity index (χ1) is 16.5. The number of fused-ring (bicyclic) bond motifs is 1. The van der Waals surface area contributed by atoms with Crippen molar-refractivity contribution in [3.63, 3.8) is 0 Å². The molecule has 6 nitrogen and oxygen atoms in total. The molecule has 1 N–H and O–H groups in total. The van der Waals surface area contributed by atoms with Crippen LogP contribution in [0.1, 0.15) is 27.3 Å². The number of nitrogens with zero attached hydrogens (tertiary/aromatic N) is 2. The van der Waals surface area contributed by atoms with Gasteiger partial charge in [-0.15, -0.1) is 11.3 Å². The predicted octanol–water partition coefficient (Wildman–Crippen LogP) is 4.88. The van der Waals surface area contributed by atoms with Crippen molar-refractivity contribution in [3.05, 3.63) is 100 Å². The molecule has 1 aromatic heterocycles. The monoisotopic (exact) mass is 489 g/mol. The number of aryl methyl sites for hydroxylation is 1. The highest BCUT2D eigenvalue weighted by atomic mass is 32.2. The van der Waals surface area contributed by atoms with Crippen LogP contribution in [0, 0.1) is 0 Å². The minimum atomic E-state index is -3.78. The third-order valence-corrected chi connectivity index (χ3v) is 8.43. The molecule has 0 atom stereocenters. The number of carbonyl (C=O) groups excluding carboxylic acids is 1. The van der Waals surface area contributed by atoms with Gasteiger partial charge in [-0.2, -0.15) is 0 Å². The van der Waals surface area contributed by atoms with E-state index < -0.39 is 10.0 Å². The van der Waals surface area contributed by atoms with Crippen LogP contribution in [0.15, 0.2) is 89.1 Å². The zero-order valence-electron chi connectivity index (χ0n) is 18.3. The van der Waals surface area contributed by atoms with Gasteiger partial charge in [0.25, 0.3) is 15.9 Å². The average molecular weight is 490 g/mol. The number of thiazole rings is 1. The maximum Gasteiger partial charge on any atom is 0.264 e. The summed E-state index contributed by atoms with van der Waals surface area (Å²) in [6.07, 6.45) is 1.61. The van der Waals surface area contributed by atoms with E-state index in [2.05, 4.69) is 10.3 Å². The predicted molar refractivity (Wildman–Crippen MR) is 134 cm³/mol. The van der Waals surface area contributed by atoms with Crippen molar-refractivity contribution < 1.29 is 13.2 Å². The van der Waals surface area contributed by atoms with Crippen molar-refractivity contribution in [2.75, 3.05) is 10.8 Å². The third-order valence-electron chi connectivity index (χ3n) is 5.77. The molecule has 0 bridgehead atoms. The number of anilines is 1. The minimum absolute atomic E-state index is 0.109. The van der Waals surface area contributed by atoms with E-state index in [1.165, 1.54) is 27.8 Å². The Labute approximate surface area is 203 Å². The molecule has 172 valence electrons. The number of para-hydroxylation sites is 1. The average Bonchev–Trinajstić information content (AvgIpc) is 3.37. The smallest absolute Gasteiger partial charge is 0.264 e. The molecule has 3 aromatic carbocycles. The summed E-state index contributed by atoms with van der Waals surface area (Å²) in [5, 5.41) is 5.59. The Hall–Kier alpha value is -3.49. The summed E-state index contributed by atoms with van der Waals surface area (Å²) in [6, 6.07) is 23.6. The Morgan fingerprint density at radius 2 is 1.79 bits per heavy atom. The number of aromatic nitrogens is 1. The van der Waals surface area contributed by atoms with Crippen molar-refractivity contribution in [2.24, 2.45) is 0 Å². The fraction of sp³-hybridized carbons (Fsp3) is 0.154. The van der Waals surface area contributed by atoms with Crippen LogP contribution in [0.2, 0.25) is 0 Å². The lowest BCUT2D eigenvalue weighted by molar-refractivity contribution is 0.0950. The highest BCUT2D eigenvalue weighted by molar-refractivity contribution is 7.92. The molecule has 1 aliphatic rings. The zero-order chi connectivity index (χ0) is 23.5. The van der Waals surface area contributed by atoms with E-state index in [9.17, 15) is 13.2 Å². The lowest BCUT2D eigenvalue weighted by Gasteiger charge is -2.30. The van der Waals surface area contributed by atoms with E-state index in [4.69, 9.17) is 0 Å². The standard InChI is InChI=1S/C26H23N3O3S2/c30-26(27-17-25-28-23(18-33-25)19-8-2-1-3-9-19)21-11-6-13-22(16-21)34(31,32)29-15-7-12-20-10-4-5-14-24(20)29/h1-6,8-11,13-14,16,18H,7,12,15,17H2,(H,27,30). The van der Waals surface area contributed by atoms with Gasteiger partial charge in [-0.05, 0) is 42.7 Å². The van der Waals surface area contributed by atoms with Crippen molar-refractivity contribution in [3.8, 4) is 11.3 Å². The minimum Gasteiger partial charge on any atom is -0.346 e. The lowest BCUT2D eigenvalue weighted by Crippen LogP contribution is -2.35. The van der Waals surface area contributed by atoms with Gasteiger partial charge in [0.1, 0.15) is 5.01 Å². The summed E-state index contributed by atoms with van der Waals surface area (Å²) in [7, 11) is -3.78. The first-order valence-electron chi connectivity index (χ1n) is 11.0. The molecule has 2 heterocycles. The fourth-order valence-electron chi connectivity index (χ4n) is 4.07. The van der Waals surface area contributed by atoms with Crippen LogP contribution < -0.4 is 9.62 Å². The van der Waals surface area contributed by atoms with Gasteiger partial charge >= 0.3 is 0 Å². The number of hydrogen-bond acceptors (Lipinski definition) is 5. The Kier molecular flexibility index (Phi) is 6.17. The number of rotatable bonds is 6. The molecule has 0 radical (unpaired) electrons. The van der Waals surface area contributed by atoms with Crippen LogP contribution in [0.5, 0.6) is 0 Å². The van der Waals surface area contributed by atoms with Crippen LogP contribution in [-0.4, -0.2) is 25.9 Å². The summed E-state index contributed by atoms with van der Waals surface area (Å²) in [6.45, 7) is 0.691. The molecule has 0 fully saturated rings. The third kappa shape index (κ3) is 4.47. The summed E-state index contributed by atoms with van der Waals surface area (Å²) in [5.74, 6) is -0.340. The molecule has 5 rings (SSSR count). The van der Waals surface area contributed by atoms with E-state index in [-0.39, 0.29) is 17.3 Å². The van der Waals surface area contributed by atoms with Gasteiger partial charge in [0.2, 0.25) is 0 Å². The van der Waals surface area contributed by atoms with E-state index in [0.29, 0.717) is 17.8 Å². The first kappa shape index (κ1) is 22.3. The van der Waals surface area contributed by atoms with Crippen LogP contribution in [-0.2, 0) is 23.0 Å². The first-order valence-corrected chi connectivity index (χ1v) is 13.3. The van der Waals surface area contributed by atoms with Crippen molar-refractivity contribution >= 4 is 33.0 Å². The largest absolute Gasteiger partial charge is 0.346 e. The number of benzene rings is 3. The van der Waals surface area contributed by atoms with Gasteiger partial charge in [-0.1, -0.05) is 54.6 Å². The molecular weight excluding hydrogens is 466 g/mol. The number of nitrogens with one attached hydrogen (secondary N) is 1. The Bertz CT molecular complexity index is 1430. The second kappa shape index (κ2) is 9.40. The molecule has 8 heteroatoms. The van der Waals surface area contributed by atoms with Gasteiger partial charge in [-0.3, -0.25) is 9.10 Å². The molecule has 1 amide bonds. The number of amides is 1. The molecule has 0 aliphatic carbocycles. The van der Waals surface area contributed by atoms with Gasteiger partial charge in [0.05, 0.1) is 22.8 Å². The van der Waals surface area contributed by atoms with Crippen molar-refractivity contribution in [2.45, 2.75) is 24.3 Å². The van der Waals surface area contributed by atoms with Gasteiger partial charge < -0.3 is 5.32 Å². The topological polar surface area (TPSA) is 79.4 Å². The maximum atomic E-state index is 13.4. The summed E-state index contributed by atoms with van der Waals surface area (Å²) in [4.78, 5) is 17.5.